The number of rotatable bonds is 7. The van der Waals surface area contributed by atoms with Crippen LogP contribution in [0.3, 0.4) is 0 Å². The van der Waals surface area contributed by atoms with Crippen molar-refractivity contribution in [2.75, 3.05) is 0 Å². The Morgan fingerprint density at radius 1 is 1.47 bits per heavy atom. The summed E-state index contributed by atoms with van der Waals surface area (Å²) in [4.78, 5) is 10.9. The van der Waals surface area contributed by atoms with Crippen molar-refractivity contribution in [1.82, 2.24) is 5.32 Å². The summed E-state index contributed by atoms with van der Waals surface area (Å²) in [7, 11) is 0. The first-order valence-corrected chi connectivity index (χ1v) is 5.97. The summed E-state index contributed by atoms with van der Waals surface area (Å²) in [6, 6.07) is 5.27. The third-order valence-electron chi connectivity index (χ3n) is 2.74. The number of halogens is 2. The van der Waals surface area contributed by atoms with E-state index in [0.29, 0.717) is 12.0 Å². The monoisotopic (exact) mass is 273 g/mol. The second-order valence-corrected chi connectivity index (χ2v) is 4.14. The highest BCUT2D eigenvalue weighted by atomic mass is 19.3. The van der Waals surface area contributed by atoms with Crippen LogP contribution >= 0.6 is 0 Å². The van der Waals surface area contributed by atoms with Gasteiger partial charge in [-0.2, -0.15) is 8.78 Å². The standard InChI is InChI=1S/C13H17F2NO3/c1-3-11(12(17)18)16-8(2)9-5-4-6-10(7-9)19-13(14)15/h4-8,11,13,16H,3H2,1-2H3,(H,17,18). The smallest absolute Gasteiger partial charge is 0.387 e. The minimum absolute atomic E-state index is 0.0597. The van der Waals surface area contributed by atoms with Gasteiger partial charge in [-0.3, -0.25) is 10.1 Å². The molecule has 4 nitrogen and oxygen atoms in total. The molecule has 0 aromatic heterocycles. The number of ether oxygens (including phenoxy) is 1. The van der Waals surface area contributed by atoms with E-state index in [-0.39, 0.29) is 11.8 Å². The fourth-order valence-corrected chi connectivity index (χ4v) is 1.72. The fraction of sp³-hybridized carbons (Fsp3) is 0.462. The van der Waals surface area contributed by atoms with Crippen molar-refractivity contribution in [3.63, 3.8) is 0 Å². The Balaban J connectivity index is 2.76. The van der Waals surface area contributed by atoms with Crippen LogP contribution in [0.15, 0.2) is 24.3 Å². The van der Waals surface area contributed by atoms with Crippen LogP contribution in [0.2, 0.25) is 0 Å². The molecule has 0 bridgehead atoms. The molecule has 2 atom stereocenters. The normalized spacial score (nSPS) is 14.2. The Morgan fingerprint density at radius 2 is 2.16 bits per heavy atom. The molecule has 0 aliphatic rings. The van der Waals surface area contributed by atoms with Crippen LogP contribution in [0.4, 0.5) is 8.78 Å². The van der Waals surface area contributed by atoms with Gasteiger partial charge in [-0.1, -0.05) is 19.1 Å². The van der Waals surface area contributed by atoms with Crippen molar-refractivity contribution in [3.8, 4) is 5.75 Å². The van der Waals surface area contributed by atoms with E-state index in [1.807, 2.05) is 0 Å². The molecule has 1 aromatic rings. The molecule has 0 saturated heterocycles. The summed E-state index contributed by atoms with van der Waals surface area (Å²) in [6.45, 7) is 0.656. The molecule has 1 aromatic carbocycles. The molecular formula is C13H17F2NO3. The van der Waals surface area contributed by atoms with E-state index >= 15 is 0 Å². The quantitative estimate of drug-likeness (QED) is 0.802. The van der Waals surface area contributed by atoms with Crippen LogP contribution in [-0.2, 0) is 4.79 Å². The second-order valence-electron chi connectivity index (χ2n) is 4.14. The van der Waals surface area contributed by atoms with Gasteiger partial charge in [0, 0.05) is 6.04 Å². The SMILES string of the molecule is CCC(NC(C)c1cccc(OC(F)F)c1)C(=O)O. The predicted octanol–water partition coefficient (Wildman–Crippen LogP) is 2.80. The molecule has 0 fully saturated rings. The highest BCUT2D eigenvalue weighted by Crippen LogP contribution is 2.21. The Labute approximate surface area is 110 Å². The van der Waals surface area contributed by atoms with E-state index < -0.39 is 18.6 Å². The molecule has 2 N–H and O–H groups in total. The molecule has 2 unspecified atom stereocenters. The van der Waals surface area contributed by atoms with Gasteiger partial charge >= 0.3 is 12.6 Å². The highest BCUT2D eigenvalue weighted by molar-refractivity contribution is 5.73. The maximum Gasteiger partial charge on any atom is 0.387 e. The van der Waals surface area contributed by atoms with Gasteiger partial charge in [0.1, 0.15) is 11.8 Å². The summed E-state index contributed by atoms with van der Waals surface area (Å²) in [6.07, 6.45) is 0.437. The molecule has 0 spiro atoms. The average molecular weight is 273 g/mol. The van der Waals surface area contributed by atoms with Crippen molar-refractivity contribution in [3.05, 3.63) is 29.8 Å². The zero-order chi connectivity index (χ0) is 14.4. The largest absolute Gasteiger partial charge is 0.480 e. The number of carboxylic acid groups (broad SMARTS) is 1. The lowest BCUT2D eigenvalue weighted by Gasteiger charge is -2.19. The zero-order valence-corrected chi connectivity index (χ0v) is 10.8. The lowest BCUT2D eigenvalue weighted by Crippen LogP contribution is -2.37. The fourth-order valence-electron chi connectivity index (χ4n) is 1.72. The number of aliphatic carboxylic acids is 1. The Bertz CT molecular complexity index is 426. The molecule has 106 valence electrons. The molecule has 0 saturated carbocycles. The van der Waals surface area contributed by atoms with Crippen LogP contribution < -0.4 is 10.1 Å². The number of hydrogen-bond acceptors (Lipinski definition) is 3. The third kappa shape index (κ3) is 4.82. The van der Waals surface area contributed by atoms with Crippen LogP contribution in [-0.4, -0.2) is 23.7 Å². The van der Waals surface area contributed by atoms with Gasteiger partial charge in [0.2, 0.25) is 0 Å². The minimum Gasteiger partial charge on any atom is -0.480 e. The van der Waals surface area contributed by atoms with Gasteiger partial charge < -0.3 is 9.84 Å². The summed E-state index contributed by atoms with van der Waals surface area (Å²) in [5.74, 6) is -0.876. The third-order valence-corrected chi connectivity index (χ3v) is 2.74. The predicted molar refractivity (Wildman–Crippen MR) is 66.3 cm³/mol. The summed E-state index contributed by atoms with van der Waals surface area (Å²) >= 11 is 0. The molecule has 0 amide bonds. The average Bonchev–Trinajstić information content (AvgIpc) is 2.34. The molecule has 19 heavy (non-hydrogen) atoms. The number of carbonyl (C=O) groups is 1. The van der Waals surface area contributed by atoms with Gasteiger partial charge in [0.15, 0.2) is 0 Å². The topological polar surface area (TPSA) is 58.6 Å². The number of benzene rings is 1. The van der Waals surface area contributed by atoms with Gasteiger partial charge in [0.25, 0.3) is 0 Å². The van der Waals surface area contributed by atoms with E-state index in [1.54, 1.807) is 26.0 Å². The zero-order valence-electron chi connectivity index (χ0n) is 10.8. The number of carboxylic acids is 1. The maximum atomic E-state index is 12.1. The summed E-state index contributed by atoms with van der Waals surface area (Å²) < 4.78 is 28.5. The second kappa shape index (κ2) is 7.04. The van der Waals surface area contributed by atoms with Crippen molar-refractivity contribution in [1.29, 1.82) is 0 Å². The van der Waals surface area contributed by atoms with Gasteiger partial charge in [-0.25, -0.2) is 0 Å². The minimum atomic E-state index is -2.87. The van der Waals surface area contributed by atoms with E-state index in [4.69, 9.17) is 5.11 Å². The molecular weight excluding hydrogens is 256 g/mol. The molecule has 0 heterocycles. The van der Waals surface area contributed by atoms with Crippen molar-refractivity contribution >= 4 is 5.97 Å². The van der Waals surface area contributed by atoms with Gasteiger partial charge in [0.05, 0.1) is 0 Å². The highest BCUT2D eigenvalue weighted by Gasteiger charge is 2.18. The van der Waals surface area contributed by atoms with Crippen LogP contribution in [0.25, 0.3) is 0 Å². The van der Waals surface area contributed by atoms with Crippen molar-refractivity contribution in [2.24, 2.45) is 0 Å². The summed E-state index contributed by atoms with van der Waals surface area (Å²) in [5, 5.41) is 11.9. The van der Waals surface area contributed by atoms with Crippen molar-refractivity contribution < 1.29 is 23.4 Å². The number of nitrogens with one attached hydrogen (secondary N) is 1. The van der Waals surface area contributed by atoms with Crippen LogP contribution in [0.1, 0.15) is 31.9 Å². The molecule has 0 aliphatic heterocycles. The van der Waals surface area contributed by atoms with Crippen LogP contribution in [0, 0.1) is 0 Å². The lowest BCUT2D eigenvalue weighted by molar-refractivity contribution is -0.139. The first-order chi connectivity index (χ1) is 8.93. The maximum absolute atomic E-state index is 12.1. The first kappa shape index (κ1) is 15.4. The lowest BCUT2D eigenvalue weighted by atomic mass is 10.1. The van der Waals surface area contributed by atoms with Crippen molar-refractivity contribution in [2.45, 2.75) is 39.0 Å². The molecule has 0 radical (unpaired) electrons. The molecule has 1 rings (SSSR count). The Kier molecular flexibility index (Phi) is 5.69. The number of alkyl halides is 2. The van der Waals surface area contributed by atoms with Crippen LogP contribution in [0.5, 0.6) is 5.75 Å². The molecule has 0 aliphatic carbocycles. The van der Waals surface area contributed by atoms with E-state index in [9.17, 15) is 13.6 Å². The summed E-state index contributed by atoms with van der Waals surface area (Å²) in [5.41, 5.74) is 0.692. The Morgan fingerprint density at radius 3 is 2.68 bits per heavy atom. The van der Waals surface area contributed by atoms with Gasteiger partial charge in [-0.15, -0.1) is 0 Å². The molecule has 6 heteroatoms. The van der Waals surface area contributed by atoms with Gasteiger partial charge in [-0.05, 0) is 31.0 Å². The van der Waals surface area contributed by atoms with E-state index in [1.165, 1.54) is 12.1 Å². The Hall–Kier alpha value is -1.69. The van der Waals surface area contributed by atoms with E-state index in [0.717, 1.165) is 0 Å². The first-order valence-electron chi connectivity index (χ1n) is 5.97. The van der Waals surface area contributed by atoms with E-state index in [2.05, 4.69) is 10.1 Å². The number of hydrogen-bond donors (Lipinski definition) is 2.